The Bertz CT molecular complexity index is 1610. The molecule has 1 saturated heterocycles. The average molecular weight is 646 g/mol. The van der Waals surface area contributed by atoms with Crippen LogP contribution in [0.3, 0.4) is 0 Å². The molecule has 12 heteroatoms. The number of aryl methyl sites for hydroxylation is 1. The average Bonchev–Trinajstić information content (AvgIpc) is 3.06. The van der Waals surface area contributed by atoms with Crippen LogP contribution in [0, 0.1) is 0 Å². The first-order valence-electron chi connectivity index (χ1n) is 14.1. The third kappa shape index (κ3) is 8.04. The first kappa shape index (κ1) is 31.2. The molecule has 0 saturated carbocycles. The quantitative estimate of drug-likeness (QED) is 0.189. The number of carbonyl (C=O) groups is 2. The highest BCUT2D eigenvalue weighted by molar-refractivity contribution is 8.22. The highest BCUT2D eigenvalue weighted by Gasteiger charge is 2.23. The number of thiocarbonyl (C=S) groups is 1. The van der Waals surface area contributed by atoms with Crippen molar-refractivity contribution in [3.05, 3.63) is 107 Å². The van der Waals surface area contributed by atoms with Gasteiger partial charge in [-0.3, -0.25) is 9.59 Å². The maximum absolute atomic E-state index is 13.2. The van der Waals surface area contributed by atoms with Gasteiger partial charge < -0.3 is 25.8 Å². The second-order valence-electron chi connectivity index (χ2n) is 9.97. The van der Waals surface area contributed by atoms with Gasteiger partial charge in [-0.15, -0.1) is 0 Å². The number of aromatic nitrogens is 2. The first-order chi connectivity index (χ1) is 21.4. The van der Waals surface area contributed by atoms with Gasteiger partial charge in [0.05, 0.1) is 17.4 Å². The third-order valence-corrected chi connectivity index (χ3v) is 8.87. The zero-order chi connectivity index (χ0) is 30.9. The minimum Gasteiger partial charge on any atom is -0.355 e. The van der Waals surface area contributed by atoms with Crippen molar-refractivity contribution in [3.63, 3.8) is 0 Å². The summed E-state index contributed by atoms with van der Waals surface area (Å²) in [5.41, 5.74) is 3.65. The summed E-state index contributed by atoms with van der Waals surface area (Å²) in [5, 5.41) is 9.20. The van der Waals surface area contributed by atoms with Crippen LogP contribution in [0.1, 0.15) is 26.3 Å². The lowest BCUT2D eigenvalue weighted by Crippen LogP contribution is -2.49. The smallest absolute Gasteiger partial charge is 0.253 e. The van der Waals surface area contributed by atoms with Gasteiger partial charge in [0.2, 0.25) is 5.95 Å². The van der Waals surface area contributed by atoms with E-state index >= 15 is 0 Å². The molecule has 2 amide bonds. The molecule has 3 aromatic carbocycles. The predicted octanol–water partition coefficient (Wildman–Crippen LogP) is 6.00. The van der Waals surface area contributed by atoms with E-state index in [1.54, 1.807) is 49.1 Å². The summed E-state index contributed by atoms with van der Waals surface area (Å²) >= 11 is 13.7. The van der Waals surface area contributed by atoms with E-state index in [9.17, 15) is 9.59 Å². The van der Waals surface area contributed by atoms with Crippen LogP contribution in [-0.2, 0) is 6.42 Å². The number of hydrogen-bond donors (Lipinski definition) is 3. The number of rotatable bonds is 9. The molecule has 0 aliphatic carbocycles. The van der Waals surface area contributed by atoms with Crippen molar-refractivity contribution >= 4 is 74.9 Å². The molecule has 4 aromatic rings. The van der Waals surface area contributed by atoms with Gasteiger partial charge in [-0.05, 0) is 48.4 Å². The van der Waals surface area contributed by atoms with Crippen molar-refractivity contribution in [2.75, 3.05) is 49.6 Å². The zero-order valence-corrected chi connectivity index (χ0v) is 26.5. The minimum absolute atomic E-state index is 0.0112. The largest absolute Gasteiger partial charge is 0.355 e. The molecule has 1 fully saturated rings. The van der Waals surface area contributed by atoms with Crippen LogP contribution in [0.5, 0.6) is 0 Å². The van der Waals surface area contributed by atoms with E-state index in [4.69, 9.17) is 23.8 Å². The van der Waals surface area contributed by atoms with Crippen molar-refractivity contribution in [1.29, 1.82) is 0 Å². The lowest BCUT2D eigenvalue weighted by Gasteiger charge is -2.36. The molecule has 1 aromatic heterocycles. The van der Waals surface area contributed by atoms with Crippen LogP contribution in [0.15, 0.2) is 85.1 Å². The third-order valence-electron chi connectivity index (χ3n) is 7.07. The standard InChI is InChI=1S/C32H32ClN7O2S2/c1-34-29(41)25-9-5-6-10-27(25)37-28-26(33)21-35-31(38-28)36-24-13-11-23(12-14-24)30(42)39-16-18-40(19-17-39)32(43)44-20-15-22-7-3-2-4-8-22/h2-14,21H,15-20H2,1H3,(H,34,41)(H2,35,36,37,38). The Morgan fingerprint density at radius 1 is 0.909 bits per heavy atom. The Morgan fingerprint density at radius 3 is 2.32 bits per heavy atom. The molecule has 0 unspecified atom stereocenters. The number of piperazine rings is 1. The van der Waals surface area contributed by atoms with E-state index in [0.717, 1.165) is 29.6 Å². The van der Waals surface area contributed by atoms with Crippen molar-refractivity contribution in [2.24, 2.45) is 0 Å². The second kappa shape index (κ2) is 15.0. The number of carbonyl (C=O) groups excluding carboxylic acids is 2. The molecule has 3 N–H and O–H groups in total. The number of thioether (sulfide) groups is 1. The normalized spacial score (nSPS) is 12.9. The van der Waals surface area contributed by atoms with Gasteiger partial charge in [-0.1, -0.05) is 78.0 Å². The molecular formula is C32H32ClN7O2S2. The number of benzene rings is 3. The number of hydrogen-bond acceptors (Lipinski definition) is 8. The van der Waals surface area contributed by atoms with Crippen LogP contribution in [0.2, 0.25) is 5.02 Å². The van der Waals surface area contributed by atoms with Gasteiger partial charge in [0.25, 0.3) is 11.8 Å². The molecule has 1 aliphatic rings. The van der Waals surface area contributed by atoms with Crippen LogP contribution < -0.4 is 16.0 Å². The molecule has 0 atom stereocenters. The molecule has 0 radical (unpaired) electrons. The monoisotopic (exact) mass is 645 g/mol. The van der Waals surface area contributed by atoms with E-state index in [0.29, 0.717) is 52.4 Å². The lowest BCUT2D eigenvalue weighted by atomic mass is 10.1. The maximum atomic E-state index is 13.2. The Labute approximate surface area is 271 Å². The van der Waals surface area contributed by atoms with E-state index in [-0.39, 0.29) is 11.8 Å². The summed E-state index contributed by atoms with van der Waals surface area (Å²) in [4.78, 5) is 38.3. The molecule has 9 nitrogen and oxygen atoms in total. The fraction of sp³-hybridized carbons (Fsp3) is 0.219. The minimum atomic E-state index is -0.231. The second-order valence-corrected chi connectivity index (χ2v) is 12.1. The Hall–Kier alpha value is -4.19. The number of nitrogens with one attached hydrogen (secondary N) is 3. The number of amides is 2. The van der Waals surface area contributed by atoms with Gasteiger partial charge in [-0.2, -0.15) is 4.98 Å². The first-order valence-corrected chi connectivity index (χ1v) is 15.9. The van der Waals surface area contributed by atoms with Gasteiger partial charge in [0.15, 0.2) is 5.82 Å². The van der Waals surface area contributed by atoms with Crippen LogP contribution >= 0.6 is 35.6 Å². The predicted molar refractivity (Wildman–Crippen MR) is 183 cm³/mol. The van der Waals surface area contributed by atoms with Gasteiger partial charge >= 0.3 is 0 Å². The zero-order valence-electron chi connectivity index (χ0n) is 24.1. The summed E-state index contributed by atoms with van der Waals surface area (Å²) in [6.07, 6.45) is 2.46. The topological polar surface area (TPSA) is 102 Å². The van der Waals surface area contributed by atoms with E-state index in [2.05, 4.69) is 55.1 Å². The summed E-state index contributed by atoms with van der Waals surface area (Å²) < 4.78 is 0.891. The molecule has 2 heterocycles. The summed E-state index contributed by atoms with van der Waals surface area (Å²) in [5.74, 6) is 1.35. The molecule has 1 aliphatic heterocycles. The maximum Gasteiger partial charge on any atom is 0.253 e. The fourth-order valence-electron chi connectivity index (χ4n) is 4.66. The van der Waals surface area contributed by atoms with Gasteiger partial charge in [-0.25, -0.2) is 4.98 Å². The SMILES string of the molecule is CNC(=O)c1ccccc1Nc1nc(Nc2ccc(C(=O)N3CCN(C(=S)SCCc4ccccc4)CC3)cc2)ncc1Cl. The Balaban J connectivity index is 1.13. The molecule has 0 spiro atoms. The number of nitrogens with zero attached hydrogens (tertiary/aromatic N) is 4. The molecule has 44 heavy (non-hydrogen) atoms. The number of anilines is 4. The Morgan fingerprint density at radius 2 is 1.59 bits per heavy atom. The summed E-state index contributed by atoms with van der Waals surface area (Å²) in [6, 6.07) is 24.7. The van der Waals surface area contributed by atoms with Crippen molar-refractivity contribution in [1.82, 2.24) is 25.1 Å². The van der Waals surface area contributed by atoms with Crippen molar-refractivity contribution < 1.29 is 9.59 Å². The molecular weight excluding hydrogens is 614 g/mol. The van der Waals surface area contributed by atoms with Crippen molar-refractivity contribution in [3.8, 4) is 0 Å². The lowest BCUT2D eigenvalue weighted by molar-refractivity contribution is 0.0694. The van der Waals surface area contributed by atoms with Gasteiger partial charge in [0, 0.05) is 50.2 Å². The van der Waals surface area contributed by atoms with Gasteiger partial charge in [0.1, 0.15) is 9.34 Å². The molecule has 226 valence electrons. The number of halogens is 1. The van der Waals surface area contributed by atoms with Crippen molar-refractivity contribution in [2.45, 2.75) is 6.42 Å². The summed E-state index contributed by atoms with van der Waals surface area (Å²) in [6.45, 7) is 2.69. The summed E-state index contributed by atoms with van der Waals surface area (Å²) in [7, 11) is 1.57. The van der Waals surface area contributed by atoms with Crippen LogP contribution in [0.25, 0.3) is 0 Å². The fourth-order valence-corrected chi connectivity index (χ4v) is 6.11. The van der Waals surface area contributed by atoms with Crippen LogP contribution in [-0.4, -0.2) is 74.9 Å². The Kier molecular flexibility index (Phi) is 10.7. The highest BCUT2D eigenvalue weighted by atomic mass is 35.5. The van der Waals surface area contributed by atoms with E-state index in [1.165, 1.54) is 11.8 Å². The molecule has 0 bridgehead atoms. The van der Waals surface area contributed by atoms with Crippen LogP contribution in [0.4, 0.5) is 23.1 Å². The highest BCUT2D eigenvalue weighted by Crippen LogP contribution is 2.27. The van der Waals surface area contributed by atoms with E-state index in [1.807, 2.05) is 29.2 Å². The number of para-hydroxylation sites is 1. The van der Waals surface area contributed by atoms with E-state index < -0.39 is 0 Å². The molecule has 5 rings (SSSR count).